The van der Waals surface area contributed by atoms with Crippen LogP contribution in [-0.2, 0) is 9.53 Å². The van der Waals surface area contributed by atoms with Gasteiger partial charge in [-0.2, -0.15) is 0 Å². The van der Waals surface area contributed by atoms with Gasteiger partial charge in [0.2, 0.25) is 5.91 Å². The molecular formula is C15H25NO2. The number of hydrogen-bond acceptors (Lipinski definition) is 2. The number of nitrogens with zero attached hydrogens (tertiary/aromatic N) is 1. The predicted octanol–water partition coefficient (Wildman–Crippen LogP) is 2.62. The van der Waals surface area contributed by atoms with Crippen LogP contribution in [0.15, 0.2) is 12.7 Å². The topological polar surface area (TPSA) is 29.5 Å². The molecule has 2 bridgehead atoms. The second-order valence-electron chi connectivity index (χ2n) is 6.41. The standard InChI is InChI=1S/C15H25NO2/c1-5-13(17)16(4)10-14-6-8-15(9-7-14,12(2)3)18-11-14/h5,12H,1,6-11H2,2-4H3. The van der Waals surface area contributed by atoms with Crippen LogP contribution in [0.4, 0.5) is 0 Å². The number of likely N-dealkylation sites (N-methyl/N-ethyl adjacent to an activating group) is 1. The molecule has 2 heterocycles. The molecule has 1 aliphatic carbocycles. The second-order valence-corrected chi connectivity index (χ2v) is 6.41. The molecule has 3 aliphatic rings. The Hall–Kier alpha value is -0.830. The third kappa shape index (κ3) is 2.20. The third-order valence-corrected chi connectivity index (χ3v) is 5.00. The van der Waals surface area contributed by atoms with Gasteiger partial charge in [-0.05, 0) is 37.7 Å². The summed E-state index contributed by atoms with van der Waals surface area (Å²) in [7, 11) is 1.86. The summed E-state index contributed by atoms with van der Waals surface area (Å²) in [6, 6.07) is 0. The summed E-state index contributed by atoms with van der Waals surface area (Å²) in [6.07, 6.45) is 6.03. The Labute approximate surface area is 110 Å². The van der Waals surface area contributed by atoms with Crippen LogP contribution < -0.4 is 0 Å². The molecule has 0 atom stereocenters. The quantitative estimate of drug-likeness (QED) is 0.719. The van der Waals surface area contributed by atoms with Crippen molar-refractivity contribution in [3.05, 3.63) is 12.7 Å². The van der Waals surface area contributed by atoms with Crippen LogP contribution in [0.5, 0.6) is 0 Å². The van der Waals surface area contributed by atoms with E-state index in [9.17, 15) is 4.79 Å². The van der Waals surface area contributed by atoms with Gasteiger partial charge in [0.15, 0.2) is 0 Å². The lowest BCUT2D eigenvalue weighted by molar-refractivity contribution is -0.206. The molecule has 3 heteroatoms. The van der Waals surface area contributed by atoms with Crippen LogP contribution in [0, 0.1) is 11.3 Å². The Bertz CT molecular complexity index is 324. The van der Waals surface area contributed by atoms with E-state index in [0.29, 0.717) is 5.92 Å². The third-order valence-electron chi connectivity index (χ3n) is 5.00. The number of amides is 1. The smallest absolute Gasteiger partial charge is 0.245 e. The van der Waals surface area contributed by atoms with E-state index in [0.717, 1.165) is 26.0 Å². The first-order chi connectivity index (χ1) is 8.43. The van der Waals surface area contributed by atoms with E-state index < -0.39 is 0 Å². The highest BCUT2D eigenvalue weighted by Gasteiger charge is 2.51. The summed E-state index contributed by atoms with van der Waals surface area (Å²) >= 11 is 0. The summed E-state index contributed by atoms with van der Waals surface area (Å²) in [5, 5.41) is 0. The molecule has 2 aliphatic heterocycles. The summed E-state index contributed by atoms with van der Waals surface area (Å²) in [6.45, 7) is 9.66. The van der Waals surface area contributed by atoms with E-state index in [-0.39, 0.29) is 16.9 Å². The molecule has 1 amide bonds. The van der Waals surface area contributed by atoms with Crippen molar-refractivity contribution in [2.24, 2.45) is 11.3 Å². The summed E-state index contributed by atoms with van der Waals surface area (Å²) in [5.74, 6) is 0.596. The first-order valence-corrected chi connectivity index (χ1v) is 6.95. The minimum atomic E-state index is 0.00986. The van der Waals surface area contributed by atoms with Gasteiger partial charge in [0.1, 0.15) is 0 Å². The first kappa shape index (κ1) is 13.6. The van der Waals surface area contributed by atoms with Crippen molar-refractivity contribution in [2.45, 2.75) is 45.1 Å². The Morgan fingerprint density at radius 2 is 2.00 bits per heavy atom. The molecule has 0 spiro atoms. The van der Waals surface area contributed by atoms with E-state index >= 15 is 0 Å². The lowest BCUT2D eigenvalue weighted by atomic mass is 9.63. The van der Waals surface area contributed by atoms with Crippen molar-refractivity contribution >= 4 is 5.91 Å². The fourth-order valence-electron chi connectivity index (χ4n) is 3.47. The van der Waals surface area contributed by atoms with Gasteiger partial charge in [-0.25, -0.2) is 0 Å². The lowest BCUT2D eigenvalue weighted by Crippen LogP contribution is -2.57. The zero-order valence-corrected chi connectivity index (χ0v) is 11.9. The largest absolute Gasteiger partial charge is 0.374 e. The molecule has 0 aromatic carbocycles. The van der Waals surface area contributed by atoms with Crippen LogP contribution >= 0.6 is 0 Å². The maximum absolute atomic E-state index is 11.6. The van der Waals surface area contributed by atoms with E-state index in [1.807, 2.05) is 7.05 Å². The fourth-order valence-corrected chi connectivity index (χ4v) is 3.47. The number of carbonyl (C=O) groups is 1. The number of ether oxygens (including phenoxy) is 1. The Kier molecular flexibility index (Phi) is 3.54. The Balaban J connectivity index is 2.01. The summed E-state index contributed by atoms with van der Waals surface area (Å²) in [4.78, 5) is 13.4. The molecular weight excluding hydrogens is 226 g/mol. The average Bonchev–Trinajstić information content (AvgIpc) is 2.39. The van der Waals surface area contributed by atoms with Gasteiger partial charge in [-0.1, -0.05) is 20.4 Å². The molecule has 0 unspecified atom stereocenters. The zero-order chi connectivity index (χ0) is 13.4. The molecule has 2 saturated heterocycles. The molecule has 18 heavy (non-hydrogen) atoms. The van der Waals surface area contributed by atoms with Gasteiger partial charge >= 0.3 is 0 Å². The normalized spacial score (nSPS) is 34.7. The molecule has 0 N–H and O–H groups in total. The van der Waals surface area contributed by atoms with Crippen molar-refractivity contribution in [1.29, 1.82) is 0 Å². The zero-order valence-electron chi connectivity index (χ0n) is 11.9. The molecule has 0 aromatic rings. The van der Waals surface area contributed by atoms with Crippen molar-refractivity contribution in [3.8, 4) is 0 Å². The SMILES string of the molecule is C=CC(=O)N(C)CC12CCC(C(C)C)(CC1)OC2. The van der Waals surface area contributed by atoms with E-state index in [1.54, 1.807) is 4.90 Å². The fraction of sp³-hybridized carbons (Fsp3) is 0.800. The van der Waals surface area contributed by atoms with Gasteiger partial charge in [0.05, 0.1) is 12.2 Å². The Morgan fingerprint density at radius 1 is 1.39 bits per heavy atom. The number of fused-ring (bicyclic) bond motifs is 3. The van der Waals surface area contributed by atoms with Gasteiger partial charge in [-0.15, -0.1) is 0 Å². The van der Waals surface area contributed by atoms with Gasteiger partial charge in [-0.3, -0.25) is 4.79 Å². The molecule has 3 nitrogen and oxygen atoms in total. The Morgan fingerprint density at radius 3 is 2.39 bits per heavy atom. The van der Waals surface area contributed by atoms with Crippen molar-refractivity contribution in [1.82, 2.24) is 4.90 Å². The molecule has 0 radical (unpaired) electrons. The van der Waals surface area contributed by atoms with Gasteiger partial charge in [0.25, 0.3) is 0 Å². The summed E-state index contributed by atoms with van der Waals surface area (Å²) < 4.78 is 6.18. The van der Waals surface area contributed by atoms with Crippen molar-refractivity contribution in [3.63, 3.8) is 0 Å². The predicted molar refractivity (Wildman–Crippen MR) is 72.3 cm³/mol. The van der Waals surface area contributed by atoms with E-state index in [1.165, 1.54) is 18.9 Å². The highest BCUT2D eigenvalue weighted by Crippen LogP contribution is 2.51. The number of hydrogen-bond donors (Lipinski definition) is 0. The maximum Gasteiger partial charge on any atom is 0.245 e. The lowest BCUT2D eigenvalue weighted by Gasteiger charge is -2.55. The van der Waals surface area contributed by atoms with E-state index in [2.05, 4.69) is 20.4 Å². The minimum Gasteiger partial charge on any atom is -0.374 e. The number of carbonyl (C=O) groups excluding carboxylic acids is 1. The minimum absolute atomic E-state index is 0.00986. The monoisotopic (exact) mass is 251 g/mol. The van der Waals surface area contributed by atoms with Crippen LogP contribution in [0.3, 0.4) is 0 Å². The average molecular weight is 251 g/mol. The molecule has 3 rings (SSSR count). The van der Waals surface area contributed by atoms with Crippen LogP contribution in [0.1, 0.15) is 39.5 Å². The van der Waals surface area contributed by atoms with Crippen molar-refractivity contribution in [2.75, 3.05) is 20.2 Å². The van der Waals surface area contributed by atoms with Gasteiger partial charge < -0.3 is 9.64 Å². The highest BCUT2D eigenvalue weighted by atomic mass is 16.5. The summed E-state index contributed by atoms with van der Waals surface area (Å²) in [5.41, 5.74) is 0.298. The van der Waals surface area contributed by atoms with Crippen LogP contribution in [0.2, 0.25) is 0 Å². The molecule has 102 valence electrons. The molecule has 1 saturated carbocycles. The van der Waals surface area contributed by atoms with Crippen molar-refractivity contribution < 1.29 is 9.53 Å². The second kappa shape index (κ2) is 4.69. The van der Waals surface area contributed by atoms with Crippen LogP contribution in [-0.4, -0.2) is 36.6 Å². The molecule has 0 aromatic heterocycles. The van der Waals surface area contributed by atoms with Crippen LogP contribution in [0.25, 0.3) is 0 Å². The molecule has 3 fully saturated rings. The highest BCUT2D eigenvalue weighted by molar-refractivity contribution is 5.86. The number of rotatable bonds is 4. The van der Waals surface area contributed by atoms with Gasteiger partial charge in [0, 0.05) is 19.0 Å². The maximum atomic E-state index is 11.6. The van der Waals surface area contributed by atoms with E-state index in [4.69, 9.17) is 4.74 Å². The first-order valence-electron chi connectivity index (χ1n) is 6.95.